The van der Waals surface area contributed by atoms with Crippen LogP contribution in [-0.4, -0.2) is 48.1 Å². The fourth-order valence-electron chi connectivity index (χ4n) is 2.72. The van der Waals surface area contributed by atoms with E-state index in [1.165, 1.54) is 0 Å². The van der Waals surface area contributed by atoms with Gasteiger partial charge >= 0.3 is 0 Å². The third-order valence-electron chi connectivity index (χ3n) is 4.80. The third-order valence-corrected chi connectivity index (χ3v) is 4.80. The molecule has 5 nitrogen and oxygen atoms in total. The van der Waals surface area contributed by atoms with Crippen LogP contribution in [0.3, 0.4) is 0 Å². The van der Waals surface area contributed by atoms with Crippen LogP contribution in [0.25, 0.3) is 0 Å². The smallest absolute Gasteiger partial charge is 0.225 e. The zero-order valence-electron chi connectivity index (χ0n) is 14.6. The molecule has 0 saturated carbocycles. The predicted molar refractivity (Wildman–Crippen MR) is 87.3 cm³/mol. The number of carbonyl (C=O) groups excluding carboxylic acids is 2. The Morgan fingerprint density at radius 1 is 1.23 bits per heavy atom. The van der Waals surface area contributed by atoms with Gasteiger partial charge in [0.1, 0.15) is 0 Å². The van der Waals surface area contributed by atoms with E-state index in [2.05, 4.69) is 12.2 Å². The molecular formula is C17H32N2O3. The summed E-state index contributed by atoms with van der Waals surface area (Å²) in [7, 11) is 0. The summed E-state index contributed by atoms with van der Waals surface area (Å²) in [5.74, 6) is 0.182. The number of amides is 2. The molecule has 0 atom stereocenters. The molecule has 5 heteroatoms. The maximum absolute atomic E-state index is 12.2. The Hall–Kier alpha value is -1.10. The highest BCUT2D eigenvalue weighted by Crippen LogP contribution is 2.34. The molecule has 0 aromatic carbocycles. The first-order valence-corrected chi connectivity index (χ1v) is 8.41. The van der Waals surface area contributed by atoms with E-state index in [0.29, 0.717) is 19.4 Å². The Morgan fingerprint density at radius 2 is 1.82 bits per heavy atom. The van der Waals surface area contributed by atoms with Crippen LogP contribution >= 0.6 is 0 Å². The quantitative estimate of drug-likeness (QED) is 0.736. The van der Waals surface area contributed by atoms with Crippen molar-refractivity contribution in [1.29, 1.82) is 0 Å². The lowest BCUT2D eigenvalue weighted by Crippen LogP contribution is -2.44. The van der Waals surface area contributed by atoms with E-state index in [4.69, 9.17) is 0 Å². The van der Waals surface area contributed by atoms with Gasteiger partial charge in [0.15, 0.2) is 0 Å². The Labute approximate surface area is 134 Å². The Morgan fingerprint density at radius 3 is 2.27 bits per heavy atom. The molecule has 0 spiro atoms. The van der Waals surface area contributed by atoms with Crippen molar-refractivity contribution in [1.82, 2.24) is 10.2 Å². The van der Waals surface area contributed by atoms with Crippen LogP contribution in [0.4, 0.5) is 0 Å². The first-order chi connectivity index (χ1) is 10.2. The van der Waals surface area contributed by atoms with Crippen molar-refractivity contribution >= 4 is 11.8 Å². The zero-order chi connectivity index (χ0) is 16.8. The standard InChI is InChI=1S/C17H32N2O3/c1-5-17(13-20)8-11-19(12-9-17)14(21)7-6-10-18-15(22)16(2,3)4/h20H,5-13H2,1-4H3,(H,18,22). The number of nitrogens with one attached hydrogen (secondary N) is 1. The van der Waals surface area contributed by atoms with Gasteiger partial charge in [0.05, 0.1) is 0 Å². The first-order valence-electron chi connectivity index (χ1n) is 8.41. The van der Waals surface area contributed by atoms with Crippen molar-refractivity contribution in [2.45, 2.75) is 59.8 Å². The summed E-state index contributed by atoms with van der Waals surface area (Å²) in [5, 5.41) is 12.4. The average Bonchev–Trinajstić information content (AvgIpc) is 2.50. The van der Waals surface area contributed by atoms with Gasteiger partial charge in [-0.2, -0.15) is 0 Å². The Bertz CT molecular complexity index is 374. The zero-order valence-corrected chi connectivity index (χ0v) is 14.6. The van der Waals surface area contributed by atoms with E-state index in [-0.39, 0.29) is 29.3 Å². The third kappa shape index (κ3) is 5.27. The summed E-state index contributed by atoms with van der Waals surface area (Å²) in [6.45, 7) is 9.97. The fraction of sp³-hybridized carbons (Fsp3) is 0.882. The van der Waals surface area contributed by atoms with Gasteiger partial charge in [0.25, 0.3) is 0 Å². The summed E-state index contributed by atoms with van der Waals surface area (Å²) in [5.41, 5.74) is -0.373. The highest BCUT2D eigenvalue weighted by Gasteiger charge is 2.33. The van der Waals surface area contributed by atoms with E-state index in [1.54, 1.807) is 0 Å². The molecular weight excluding hydrogens is 280 g/mol. The van der Waals surface area contributed by atoms with Crippen LogP contribution in [-0.2, 0) is 9.59 Å². The lowest BCUT2D eigenvalue weighted by atomic mass is 9.77. The lowest BCUT2D eigenvalue weighted by Gasteiger charge is -2.40. The monoisotopic (exact) mass is 312 g/mol. The summed E-state index contributed by atoms with van der Waals surface area (Å²) >= 11 is 0. The molecule has 1 heterocycles. The normalized spacial score (nSPS) is 18.1. The molecule has 0 aromatic heterocycles. The molecule has 2 N–H and O–H groups in total. The maximum atomic E-state index is 12.2. The van der Waals surface area contributed by atoms with E-state index < -0.39 is 0 Å². The van der Waals surface area contributed by atoms with Crippen molar-refractivity contribution < 1.29 is 14.7 Å². The topological polar surface area (TPSA) is 69.6 Å². The first kappa shape index (κ1) is 18.9. The van der Waals surface area contributed by atoms with Gasteiger partial charge in [0, 0.05) is 38.1 Å². The summed E-state index contributed by atoms with van der Waals surface area (Å²) in [6, 6.07) is 0. The molecule has 1 saturated heterocycles. The van der Waals surface area contributed by atoms with Crippen LogP contribution in [0.2, 0.25) is 0 Å². The van der Waals surface area contributed by atoms with Gasteiger partial charge in [0.2, 0.25) is 11.8 Å². The van der Waals surface area contributed by atoms with E-state index in [1.807, 2.05) is 25.7 Å². The van der Waals surface area contributed by atoms with Gasteiger partial charge < -0.3 is 15.3 Å². The molecule has 0 unspecified atom stereocenters. The van der Waals surface area contributed by atoms with Gasteiger partial charge in [-0.25, -0.2) is 0 Å². The number of aliphatic hydroxyl groups is 1. The number of piperidine rings is 1. The van der Waals surface area contributed by atoms with Gasteiger partial charge in [-0.15, -0.1) is 0 Å². The molecule has 0 aliphatic carbocycles. The van der Waals surface area contributed by atoms with Crippen LogP contribution < -0.4 is 5.32 Å². The highest BCUT2D eigenvalue weighted by molar-refractivity contribution is 5.81. The van der Waals surface area contributed by atoms with E-state index in [0.717, 1.165) is 32.4 Å². The minimum atomic E-state index is -0.384. The molecule has 1 aliphatic rings. The number of hydrogen-bond donors (Lipinski definition) is 2. The molecule has 0 radical (unpaired) electrons. The minimum Gasteiger partial charge on any atom is -0.396 e. The predicted octanol–water partition coefficient (Wildman–Crippen LogP) is 1.94. The highest BCUT2D eigenvalue weighted by atomic mass is 16.3. The van der Waals surface area contributed by atoms with Gasteiger partial charge in [-0.3, -0.25) is 9.59 Å². The van der Waals surface area contributed by atoms with Crippen molar-refractivity contribution in [3.05, 3.63) is 0 Å². The Kier molecular flexibility index (Phi) is 6.85. The van der Waals surface area contributed by atoms with Crippen LogP contribution in [0, 0.1) is 10.8 Å². The SMILES string of the molecule is CCC1(CO)CCN(C(=O)CCCNC(=O)C(C)(C)C)CC1. The number of rotatable bonds is 6. The fourth-order valence-corrected chi connectivity index (χ4v) is 2.72. The summed E-state index contributed by atoms with van der Waals surface area (Å²) < 4.78 is 0. The maximum Gasteiger partial charge on any atom is 0.225 e. The number of aliphatic hydroxyl groups excluding tert-OH is 1. The molecule has 22 heavy (non-hydrogen) atoms. The second-order valence-corrected chi connectivity index (χ2v) is 7.50. The van der Waals surface area contributed by atoms with Crippen LogP contribution in [0.15, 0.2) is 0 Å². The molecule has 1 rings (SSSR count). The number of nitrogens with zero attached hydrogens (tertiary/aromatic N) is 1. The number of hydrogen-bond acceptors (Lipinski definition) is 3. The van der Waals surface area contributed by atoms with Crippen molar-refractivity contribution in [2.75, 3.05) is 26.2 Å². The number of likely N-dealkylation sites (tertiary alicyclic amines) is 1. The van der Waals surface area contributed by atoms with Crippen molar-refractivity contribution in [3.63, 3.8) is 0 Å². The molecule has 0 bridgehead atoms. The molecule has 0 aromatic rings. The van der Waals surface area contributed by atoms with Gasteiger partial charge in [-0.1, -0.05) is 27.7 Å². The summed E-state index contributed by atoms with van der Waals surface area (Å²) in [6.07, 6.45) is 3.88. The molecule has 1 aliphatic heterocycles. The molecule has 2 amide bonds. The van der Waals surface area contributed by atoms with Crippen molar-refractivity contribution in [2.24, 2.45) is 10.8 Å². The van der Waals surface area contributed by atoms with Crippen LogP contribution in [0.1, 0.15) is 59.8 Å². The summed E-state index contributed by atoms with van der Waals surface area (Å²) in [4.78, 5) is 25.8. The Balaban J connectivity index is 2.26. The second-order valence-electron chi connectivity index (χ2n) is 7.50. The average molecular weight is 312 g/mol. The lowest BCUT2D eigenvalue weighted by molar-refractivity contribution is -0.134. The van der Waals surface area contributed by atoms with E-state index >= 15 is 0 Å². The molecule has 128 valence electrons. The van der Waals surface area contributed by atoms with Gasteiger partial charge in [-0.05, 0) is 31.1 Å². The van der Waals surface area contributed by atoms with Crippen LogP contribution in [0.5, 0.6) is 0 Å². The largest absolute Gasteiger partial charge is 0.396 e. The second kappa shape index (κ2) is 7.95. The van der Waals surface area contributed by atoms with E-state index in [9.17, 15) is 14.7 Å². The minimum absolute atomic E-state index is 0.0114. The molecule has 1 fully saturated rings. The van der Waals surface area contributed by atoms with Crippen molar-refractivity contribution in [3.8, 4) is 0 Å². The number of carbonyl (C=O) groups is 2.